The van der Waals surface area contributed by atoms with Gasteiger partial charge in [-0.1, -0.05) is 29.8 Å². The molecule has 1 heterocycles. The molecule has 0 fully saturated rings. The van der Waals surface area contributed by atoms with Crippen molar-refractivity contribution in [1.29, 1.82) is 0 Å². The summed E-state index contributed by atoms with van der Waals surface area (Å²) in [6.07, 6.45) is 3.47. The molecule has 0 bridgehead atoms. The van der Waals surface area contributed by atoms with E-state index < -0.39 is 0 Å². The molecule has 2 aromatic carbocycles. The Morgan fingerprint density at radius 2 is 1.87 bits per heavy atom. The van der Waals surface area contributed by atoms with Crippen molar-refractivity contribution in [3.8, 4) is 11.5 Å². The zero-order valence-corrected chi connectivity index (χ0v) is 18.1. The fourth-order valence-corrected chi connectivity index (χ4v) is 3.14. The fourth-order valence-electron chi connectivity index (χ4n) is 3.02. The Balaban J connectivity index is 1.76. The minimum Gasteiger partial charge on any atom is -0.490 e. The predicted octanol–water partition coefficient (Wildman–Crippen LogP) is 5.55. The normalized spacial score (nSPS) is 11.6. The van der Waals surface area contributed by atoms with Gasteiger partial charge in [-0.2, -0.15) is 0 Å². The lowest BCUT2D eigenvalue weighted by molar-refractivity contribution is 0.0742. The molecule has 0 N–H and O–H groups in total. The van der Waals surface area contributed by atoms with Gasteiger partial charge in [-0.15, -0.1) is 0 Å². The van der Waals surface area contributed by atoms with Crippen LogP contribution in [0, 0.1) is 0 Å². The molecular formula is C24H25ClN2O3. The minimum atomic E-state index is -0.105. The van der Waals surface area contributed by atoms with Crippen LogP contribution in [0.4, 0.5) is 0 Å². The lowest BCUT2D eigenvalue weighted by Crippen LogP contribution is -2.29. The van der Waals surface area contributed by atoms with Gasteiger partial charge in [0.15, 0.2) is 11.5 Å². The summed E-state index contributed by atoms with van der Waals surface area (Å²) in [5.74, 6) is 1.03. The van der Waals surface area contributed by atoms with Crippen molar-refractivity contribution in [3.63, 3.8) is 0 Å². The molecule has 5 nitrogen and oxygen atoms in total. The average molecular weight is 425 g/mol. The van der Waals surface area contributed by atoms with Crippen LogP contribution in [0.1, 0.15) is 41.4 Å². The maximum absolute atomic E-state index is 13.1. The molecule has 1 unspecified atom stereocenters. The minimum absolute atomic E-state index is 0.0998. The van der Waals surface area contributed by atoms with Crippen LogP contribution in [-0.4, -0.2) is 29.4 Å². The molecule has 3 rings (SSSR count). The summed E-state index contributed by atoms with van der Waals surface area (Å²) >= 11 is 5.97. The topological polar surface area (TPSA) is 51.7 Å². The van der Waals surface area contributed by atoms with Crippen molar-refractivity contribution >= 4 is 17.5 Å². The standard InChI is InChI=1S/C24H25ClN2O3/c1-4-29-23-14-20(9-12-22(23)30-16-18-6-5-13-26-15-18)24(28)27(3)17(2)19-7-10-21(25)11-8-19/h5-15,17H,4,16H2,1-3H3. The van der Waals surface area contributed by atoms with Crippen molar-refractivity contribution in [1.82, 2.24) is 9.88 Å². The highest BCUT2D eigenvalue weighted by molar-refractivity contribution is 6.30. The molecule has 30 heavy (non-hydrogen) atoms. The number of benzene rings is 2. The predicted molar refractivity (Wildman–Crippen MR) is 118 cm³/mol. The van der Waals surface area contributed by atoms with Gasteiger partial charge in [0.2, 0.25) is 0 Å². The van der Waals surface area contributed by atoms with Crippen LogP contribution >= 0.6 is 11.6 Å². The van der Waals surface area contributed by atoms with Gasteiger partial charge in [-0.25, -0.2) is 0 Å². The first-order valence-corrected chi connectivity index (χ1v) is 10.2. The van der Waals surface area contributed by atoms with Crippen molar-refractivity contribution < 1.29 is 14.3 Å². The highest BCUT2D eigenvalue weighted by Crippen LogP contribution is 2.31. The number of rotatable bonds is 8. The number of ether oxygens (including phenoxy) is 2. The second-order valence-corrected chi connectivity index (χ2v) is 7.32. The third-order valence-corrected chi connectivity index (χ3v) is 5.11. The van der Waals surface area contributed by atoms with Crippen LogP contribution in [0.2, 0.25) is 5.02 Å². The zero-order valence-electron chi connectivity index (χ0n) is 17.3. The van der Waals surface area contributed by atoms with Crippen LogP contribution in [0.15, 0.2) is 67.0 Å². The van der Waals surface area contributed by atoms with E-state index in [1.54, 1.807) is 42.5 Å². The van der Waals surface area contributed by atoms with E-state index in [2.05, 4.69) is 4.98 Å². The molecule has 0 radical (unpaired) electrons. The van der Waals surface area contributed by atoms with E-state index >= 15 is 0 Å². The molecule has 1 atom stereocenters. The lowest BCUT2D eigenvalue weighted by Gasteiger charge is -2.26. The number of amides is 1. The van der Waals surface area contributed by atoms with E-state index in [0.29, 0.717) is 35.3 Å². The molecule has 0 aliphatic heterocycles. The van der Waals surface area contributed by atoms with Gasteiger partial charge in [-0.05, 0) is 55.8 Å². The summed E-state index contributed by atoms with van der Waals surface area (Å²) in [5.41, 5.74) is 2.50. The molecule has 0 spiro atoms. The fraction of sp³-hybridized carbons (Fsp3) is 0.250. The Morgan fingerprint density at radius 1 is 1.10 bits per heavy atom. The number of carbonyl (C=O) groups is 1. The van der Waals surface area contributed by atoms with E-state index in [4.69, 9.17) is 21.1 Å². The number of pyridine rings is 1. The summed E-state index contributed by atoms with van der Waals surface area (Å²) < 4.78 is 11.6. The molecule has 1 aromatic heterocycles. The molecule has 3 aromatic rings. The Morgan fingerprint density at radius 3 is 2.53 bits per heavy atom. The molecule has 0 saturated carbocycles. The van der Waals surface area contributed by atoms with E-state index in [-0.39, 0.29) is 11.9 Å². The van der Waals surface area contributed by atoms with Crippen LogP contribution in [-0.2, 0) is 6.61 Å². The smallest absolute Gasteiger partial charge is 0.254 e. The maximum Gasteiger partial charge on any atom is 0.254 e. The van der Waals surface area contributed by atoms with Crippen molar-refractivity contribution in [2.24, 2.45) is 0 Å². The summed E-state index contributed by atoms with van der Waals surface area (Å²) in [6, 6.07) is 16.5. The van der Waals surface area contributed by atoms with Gasteiger partial charge in [-0.3, -0.25) is 9.78 Å². The number of halogens is 1. The summed E-state index contributed by atoms with van der Waals surface area (Å²) in [6.45, 7) is 4.72. The maximum atomic E-state index is 13.1. The lowest BCUT2D eigenvalue weighted by atomic mass is 10.1. The van der Waals surface area contributed by atoms with E-state index in [9.17, 15) is 4.79 Å². The Hall–Kier alpha value is -3.05. The number of hydrogen-bond acceptors (Lipinski definition) is 4. The Bertz CT molecular complexity index is 978. The Kier molecular flexibility index (Phi) is 7.31. The highest BCUT2D eigenvalue weighted by atomic mass is 35.5. The number of hydrogen-bond donors (Lipinski definition) is 0. The summed E-state index contributed by atoms with van der Waals surface area (Å²) in [7, 11) is 1.79. The second kappa shape index (κ2) is 10.1. The first-order chi connectivity index (χ1) is 14.5. The van der Waals surface area contributed by atoms with E-state index in [1.807, 2.05) is 50.2 Å². The SMILES string of the molecule is CCOc1cc(C(=O)N(C)C(C)c2ccc(Cl)cc2)ccc1OCc1cccnc1. The third kappa shape index (κ3) is 5.30. The first-order valence-electron chi connectivity index (χ1n) is 9.80. The molecule has 1 amide bonds. The molecule has 0 aliphatic carbocycles. The van der Waals surface area contributed by atoms with Gasteiger partial charge in [0, 0.05) is 35.6 Å². The third-order valence-electron chi connectivity index (χ3n) is 4.86. The van der Waals surface area contributed by atoms with Gasteiger partial charge >= 0.3 is 0 Å². The van der Waals surface area contributed by atoms with Crippen molar-refractivity contribution in [2.45, 2.75) is 26.5 Å². The molecular weight excluding hydrogens is 400 g/mol. The van der Waals surface area contributed by atoms with Crippen molar-refractivity contribution in [2.75, 3.05) is 13.7 Å². The van der Waals surface area contributed by atoms with Crippen LogP contribution in [0.3, 0.4) is 0 Å². The van der Waals surface area contributed by atoms with Crippen LogP contribution < -0.4 is 9.47 Å². The highest BCUT2D eigenvalue weighted by Gasteiger charge is 2.20. The van der Waals surface area contributed by atoms with Gasteiger partial charge in [0.25, 0.3) is 5.91 Å². The van der Waals surface area contributed by atoms with E-state index in [1.165, 1.54) is 0 Å². The van der Waals surface area contributed by atoms with Gasteiger partial charge in [0.1, 0.15) is 6.61 Å². The number of carbonyl (C=O) groups excluding carboxylic acids is 1. The van der Waals surface area contributed by atoms with Gasteiger partial charge in [0.05, 0.1) is 12.6 Å². The molecule has 6 heteroatoms. The zero-order chi connectivity index (χ0) is 21.5. The molecule has 156 valence electrons. The average Bonchev–Trinajstić information content (AvgIpc) is 2.78. The first kappa shape index (κ1) is 21.7. The Labute approximate surface area is 182 Å². The summed E-state index contributed by atoms with van der Waals surface area (Å²) in [5, 5.41) is 0.670. The van der Waals surface area contributed by atoms with Gasteiger partial charge < -0.3 is 14.4 Å². The number of aromatic nitrogens is 1. The van der Waals surface area contributed by atoms with Crippen LogP contribution in [0.5, 0.6) is 11.5 Å². The quantitative estimate of drug-likeness (QED) is 0.476. The van der Waals surface area contributed by atoms with Crippen molar-refractivity contribution in [3.05, 3.63) is 88.7 Å². The molecule has 0 aliphatic rings. The second-order valence-electron chi connectivity index (χ2n) is 6.89. The summed E-state index contributed by atoms with van der Waals surface area (Å²) in [4.78, 5) is 18.9. The molecule has 0 saturated heterocycles. The number of nitrogens with zero attached hydrogens (tertiary/aromatic N) is 2. The monoisotopic (exact) mass is 424 g/mol. The van der Waals surface area contributed by atoms with E-state index in [0.717, 1.165) is 11.1 Å². The largest absolute Gasteiger partial charge is 0.490 e. The van der Waals surface area contributed by atoms with Crippen LogP contribution in [0.25, 0.3) is 0 Å².